The lowest BCUT2D eigenvalue weighted by molar-refractivity contribution is -0.118. The summed E-state index contributed by atoms with van der Waals surface area (Å²) in [5.74, 6) is -0.529. The predicted octanol–water partition coefficient (Wildman–Crippen LogP) is 0.229. The van der Waals surface area contributed by atoms with Crippen LogP contribution in [0.3, 0.4) is 0 Å². The highest BCUT2D eigenvalue weighted by molar-refractivity contribution is 7.90. The SMILES string of the molecule is CC(C)S(=O)(=O)NC(=O)CNC(C)(C)C. The molecule has 0 saturated carbocycles. The van der Waals surface area contributed by atoms with Gasteiger partial charge in [-0.3, -0.25) is 9.52 Å². The summed E-state index contributed by atoms with van der Waals surface area (Å²) in [6.07, 6.45) is 0. The minimum atomic E-state index is -3.50. The first-order valence-corrected chi connectivity index (χ1v) is 6.39. The molecule has 0 aliphatic carbocycles. The number of amides is 1. The minimum absolute atomic E-state index is 0.00451. The van der Waals surface area contributed by atoms with Crippen LogP contribution in [0.25, 0.3) is 0 Å². The van der Waals surface area contributed by atoms with Gasteiger partial charge in [0.15, 0.2) is 0 Å². The van der Waals surface area contributed by atoms with Gasteiger partial charge >= 0.3 is 0 Å². The molecule has 0 aliphatic heterocycles. The molecule has 5 nitrogen and oxygen atoms in total. The van der Waals surface area contributed by atoms with Crippen molar-refractivity contribution in [2.45, 2.75) is 45.4 Å². The molecule has 0 aromatic heterocycles. The Morgan fingerprint density at radius 3 is 2.07 bits per heavy atom. The zero-order chi connectivity index (χ0) is 12.3. The fraction of sp³-hybridized carbons (Fsp3) is 0.889. The van der Waals surface area contributed by atoms with E-state index in [0.29, 0.717) is 0 Å². The molecule has 0 fully saturated rings. The van der Waals surface area contributed by atoms with Crippen LogP contribution >= 0.6 is 0 Å². The first-order chi connectivity index (χ1) is 6.54. The van der Waals surface area contributed by atoms with E-state index in [0.717, 1.165) is 0 Å². The summed E-state index contributed by atoms with van der Waals surface area (Å²) in [7, 11) is -3.50. The largest absolute Gasteiger partial charge is 0.304 e. The van der Waals surface area contributed by atoms with Gasteiger partial charge in [-0.1, -0.05) is 0 Å². The molecule has 0 atom stereocenters. The van der Waals surface area contributed by atoms with E-state index in [1.54, 1.807) is 0 Å². The molecule has 0 radical (unpaired) electrons. The Labute approximate surface area is 91.7 Å². The number of carbonyl (C=O) groups excluding carboxylic acids is 1. The number of rotatable bonds is 4. The van der Waals surface area contributed by atoms with E-state index >= 15 is 0 Å². The summed E-state index contributed by atoms with van der Waals surface area (Å²) in [5.41, 5.74) is -0.209. The summed E-state index contributed by atoms with van der Waals surface area (Å²) in [6.45, 7) is 8.74. The van der Waals surface area contributed by atoms with E-state index in [2.05, 4.69) is 5.32 Å². The van der Waals surface area contributed by atoms with Crippen LogP contribution < -0.4 is 10.0 Å². The van der Waals surface area contributed by atoms with Crippen molar-refractivity contribution in [3.8, 4) is 0 Å². The third kappa shape index (κ3) is 6.46. The summed E-state index contributed by atoms with van der Waals surface area (Å²) in [4.78, 5) is 11.3. The summed E-state index contributed by atoms with van der Waals surface area (Å²) in [5, 5.41) is 2.31. The molecule has 0 spiro atoms. The second kappa shape index (κ2) is 4.94. The lowest BCUT2D eigenvalue weighted by Gasteiger charge is -2.20. The van der Waals surface area contributed by atoms with E-state index in [1.165, 1.54) is 13.8 Å². The second-order valence-corrected chi connectivity index (χ2v) is 6.96. The maximum Gasteiger partial charge on any atom is 0.247 e. The molecule has 0 rings (SSSR count). The molecule has 0 heterocycles. The number of hydrogen-bond acceptors (Lipinski definition) is 4. The van der Waals surface area contributed by atoms with E-state index in [9.17, 15) is 13.2 Å². The lowest BCUT2D eigenvalue weighted by atomic mass is 10.1. The molecule has 0 aromatic carbocycles. The smallest absolute Gasteiger partial charge is 0.247 e. The topological polar surface area (TPSA) is 75.3 Å². The number of carbonyl (C=O) groups is 1. The monoisotopic (exact) mass is 236 g/mol. The molecule has 0 saturated heterocycles. The van der Waals surface area contributed by atoms with Crippen molar-refractivity contribution in [3.63, 3.8) is 0 Å². The highest BCUT2D eigenvalue weighted by atomic mass is 32.2. The van der Waals surface area contributed by atoms with Gasteiger partial charge in [0.05, 0.1) is 11.8 Å². The van der Waals surface area contributed by atoms with Gasteiger partial charge < -0.3 is 5.32 Å². The molecule has 0 aliphatic rings. The van der Waals surface area contributed by atoms with Gasteiger partial charge in [-0.05, 0) is 34.6 Å². The normalized spacial score (nSPS) is 12.9. The third-order valence-electron chi connectivity index (χ3n) is 1.66. The zero-order valence-electron chi connectivity index (χ0n) is 9.92. The number of nitrogens with one attached hydrogen (secondary N) is 2. The predicted molar refractivity (Wildman–Crippen MR) is 60.0 cm³/mol. The molecular formula is C9H20N2O3S. The third-order valence-corrected chi connectivity index (χ3v) is 3.41. The molecule has 0 unspecified atom stereocenters. The van der Waals surface area contributed by atoms with Gasteiger partial charge in [-0.15, -0.1) is 0 Å². The molecule has 15 heavy (non-hydrogen) atoms. The van der Waals surface area contributed by atoms with Crippen LogP contribution in [0.15, 0.2) is 0 Å². The summed E-state index contributed by atoms with van der Waals surface area (Å²) in [6, 6.07) is 0. The molecule has 0 aromatic rings. The van der Waals surface area contributed by atoms with Crippen LogP contribution in [-0.4, -0.2) is 31.7 Å². The van der Waals surface area contributed by atoms with Gasteiger partial charge in [0.1, 0.15) is 0 Å². The average Bonchev–Trinajstić information content (AvgIpc) is 1.98. The fourth-order valence-corrected chi connectivity index (χ4v) is 1.28. The Bertz CT molecular complexity index is 315. The first-order valence-electron chi connectivity index (χ1n) is 4.84. The second-order valence-electron chi connectivity index (χ2n) is 4.72. The van der Waals surface area contributed by atoms with Gasteiger partial charge in [-0.2, -0.15) is 0 Å². The molecule has 1 amide bonds. The Kier molecular flexibility index (Phi) is 4.73. The minimum Gasteiger partial charge on any atom is -0.304 e. The highest BCUT2D eigenvalue weighted by Crippen LogP contribution is 1.98. The Balaban J connectivity index is 4.18. The number of sulfonamides is 1. The summed E-state index contributed by atoms with van der Waals surface area (Å²) >= 11 is 0. The van der Waals surface area contributed by atoms with Crippen molar-refractivity contribution in [3.05, 3.63) is 0 Å². The standard InChI is InChI=1S/C9H20N2O3S/c1-7(2)15(13,14)11-8(12)6-10-9(3,4)5/h7,10H,6H2,1-5H3,(H,11,12). The number of hydrogen-bond donors (Lipinski definition) is 2. The van der Waals surface area contributed by atoms with E-state index in [-0.39, 0.29) is 12.1 Å². The molecule has 90 valence electrons. The van der Waals surface area contributed by atoms with Crippen LogP contribution in [0.4, 0.5) is 0 Å². The van der Waals surface area contributed by atoms with Crippen molar-refractivity contribution in [1.82, 2.24) is 10.0 Å². The van der Waals surface area contributed by atoms with Crippen LogP contribution in [0.1, 0.15) is 34.6 Å². The van der Waals surface area contributed by atoms with Crippen molar-refractivity contribution < 1.29 is 13.2 Å². The lowest BCUT2D eigenvalue weighted by Crippen LogP contribution is -2.46. The maximum atomic E-state index is 11.3. The van der Waals surface area contributed by atoms with Gasteiger partial charge in [0, 0.05) is 5.54 Å². The Hall–Kier alpha value is -0.620. The zero-order valence-corrected chi connectivity index (χ0v) is 10.7. The van der Waals surface area contributed by atoms with E-state index in [4.69, 9.17) is 0 Å². The van der Waals surface area contributed by atoms with Crippen LogP contribution in [0.2, 0.25) is 0 Å². The van der Waals surface area contributed by atoms with Crippen LogP contribution in [-0.2, 0) is 14.8 Å². The van der Waals surface area contributed by atoms with Crippen molar-refractivity contribution >= 4 is 15.9 Å². The van der Waals surface area contributed by atoms with Crippen molar-refractivity contribution in [1.29, 1.82) is 0 Å². The van der Waals surface area contributed by atoms with Crippen molar-refractivity contribution in [2.24, 2.45) is 0 Å². The molecule has 2 N–H and O–H groups in total. The Morgan fingerprint density at radius 1 is 1.27 bits per heavy atom. The van der Waals surface area contributed by atoms with Gasteiger partial charge in [-0.25, -0.2) is 8.42 Å². The molecular weight excluding hydrogens is 216 g/mol. The average molecular weight is 236 g/mol. The molecule has 6 heteroatoms. The van der Waals surface area contributed by atoms with E-state index in [1.807, 2.05) is 25.5 Å². The first kappa shape index (κ1) is 14.4. The fourth-order valence-electron chi connectivity index (χ4n) is 0.658. The van der Waals surface area contributed by atoms with Crippen LogP contribution in [0, 0.1) is 0 Å². The van der Waals surface area contributed by atoms with Gasteiger partial charge in [0.25, 0.3) is 0 Å². The summed E-state index contributed by atoms with van der Waals surface area (Å²) < 4.78 is 24.6. The maximum absolute atomic E-state index is 11.3. The quantitative estimate of drug-likeness (QED) is 0.732. The highest BCUT2D eigenvalue weighted by Gasteiger charge is 2.19. The molecule has 0 bridgehead atoms. The van der Waals surface area contributed by atoms with Gasteiger partial charge in [0.2, 0.25) is 15.9 Å². The van der Waals surface area contributed by atoms with E-state index < -0.39 is 21.2 Å². The van der Waals surface area contributed by atoms with Crippen LogP contribution in [0.5, 0.6) is 0 Å². The van der Waals surface area contributed by atoms with Crippen molar-refractivity contribution in [2.75, 3.05) is 6.54 Å². The Morgan fingerprint density at radius 2 is 1.73 bits per heavy atom.